The Labute approximate surface area is 190 Å². The van der Waals surface area contributed by atoms with Crippen molar-refractivity contribution in [1.29, 1.82) is 0 Å². The summed E-state index contributed by atoms with van der Waals surface area (Å²) in [5.41, 5.74) is 7.42. The second kappa shape index (κ2) is 13.2. The van der Waals surface area contributed by atoms with E-state index in [-0.39, 0.29) is 31.4 Å². The molecule has 1 aromatic rings. The first-order valence-electron chi connectivity index (χ1n) is 11.6. The summed E-state index contributed by atoms with van der Waals surface area (Å²) >= 11 is 0. The van der Waals surface area contributed by atoms with E-state index in [1.165, 1.54) is 4.90 Å². The third kappa shape index (κ3) is 7.31. The van der Waals surface area contributed by atoms with Crippen molar-refractivity contribution >= 4 is 17.8 Å². The number of benzene rings is 1. The topological polar surface area (TPSA) is 122 Å². The predicted octanol–water partition coefficient (Wildman–Crippen LogP) is 2.23. The Kier molecular flexibility index (Phi) is 10.6. The summed E-state index contributed by atoms with van der Waals surface area (Å²) in [7, 11) is 0. The number of carboxylic acid groups (broad SMARTS) is 1. The Morgan fingerprint density at radius 2 is 1.81 bits per heavy atom. The summed E-state index contributed by atoms with van der Waals surface area (Å²) < 4.78 is 5.19. The number of unbranched alkanes of at least 4 members (excludes halogenated alkanes) is 4. The Morgan fingerprint density at radius 1 is 1.16 bits per heavy atom. The molecule has 3 atom stereocenters. The van der Waals surface area contributed by atoms with Gasteiger partial charge in [0.05, 0.1) is 12.6 Å². The number of nitrogens with two attached hydrogens (primary N) is 1. The van der Waals surface area contributed by atoms with Gasteiger partial charge in [-0.15, -0.1) is 0 Å². The maximum atomic E-state index is 13.2. The van der Waals surface area contributed by atoms with Gasteiger partial charge in [-0.2, -0.15) is 0 Å². The van der Waals surface area contributed by atoms with Crippen LogP contribution < -0.4 is 11.1 Å². The lowest BCUT2D eigenvalue weighted by molar-refractivity contribution is -0.153. The molecule has 0 spiro atoms. The molecule has 4 N–H and O–H groups in total. The molecule has 2 rings (SSSR count). The van der Waals surface area contributed by atoms with Crippen molar-refractivity contribution in [2.24, 2.45) is 5.73 Å². The van der Waals surface area contributed by atoms with E-state index in [0.717, 1.165) is 43.2 Å². The van der Waals surface area contributed by atoms with Gasteiger partial charge in [0.25, 0.3) is 0 Å². The summed E-state index contributed by atoms with van der Waals surface area (Å²) in [5, 5.41) is 12.8. The van der Waals surface area contributed by atoms with E-state index in [1.54, 1.807) is 13.8 Å². The minimum atomic E-state index is -1.03. The number of nitrogens with zero attached hydrogens (tertiary/aromatic N) is 1. The van der Waals surface area contributed by atoms with Crippen molar-refractivity contribution in [3.05, 3.63) is 35.4 Å². The third-order valence-corrected chi connectivity index (χ3v) is 5.91. The summed E-state index contributed by atoms with van der Waals surface area (Å²) in [6.45, 7) is 4.61. The van der Waals surface area contributed by atoms with E-state index >= 15 is 0 Å². The molecule has 8 nitrogen and oxygen atoms in total. The largest absolute Gasteiger partial charge is 0.480 e. The van der Waals surface area contributed by atoms with Crippen LogP contribution in [0.4, 0.5) is 0 Å². The predicted molar refractivity (Wildman–Crippen MR) is 122 cm³/mol. The minimum Gasteiger partial charge on any atom is -0.480 e. The van der Waals surface area contributed by atoms with Gasteiger partial charge in [-0.05, 0) is 44.4 Å². The molecule has 1 heterocycles. The SMILES string of the molecule is CCOC(=O)[C@H](CCCCCCCN)N[C@@H](C)C(=O)N1Cc2ccccc2CC1C(=O)O. The number of hydrogen-bond acceptors (Lipinski definition) is 6. The first-order valence-corrected chi connectivity index (χ1v) is 11.6. The number of carbonyl (C=O) groups excluding carboxylic acids is 2. The van der Waals surface area contributed by atoms with Crippen molar-refractivity contribution in [2.75, 3.05) is 13.2 Å². The summed E-state index contributed by atoms with van der Waals surface area (Å²) in [6, 6.07) is 5.33. The molecule has 1 aromatic carbocycles. The van der Waals surface area contributed by atoms with Gasteiger partial charge in [-0.3, -0.25) is 14.9 Å². The molecule has 1 aliphatic heterocycles. The molecule has 32 heavy (non-hydrogen) atoms. The zero-order valence-corrected chi connectivity index (χ0v) is 19.2. The molecule has 0 radical (unpaired) electrons. The zero-order valence-electron chi connectivity index (χ0n) is 19.2. The van der Waals surface area contributed by atoms with Gasteiger partial charge in [0, 0.05) is 13.0 Å². The van der Waals surface area contributed by atoms with Crippen molar-refractivity contribution in [3.63, 3.8) is 0 Å². The van der Waals surface area contributed by atoms with E-state index < -0.39 is 24.1 Å². The Morgan fingerprint density at radius 3 is 2.47 bits per heavy atom. The fourth-order valence-corrected chi connectivity index (χ4v) is 4.13. The Bertz CT molecular complexity index is 770. The number of rotatable bonds is 13. The average Bonchev–Trinajstić information content (AvgIpc) is 2.79. The number of esters is 1. The van der Waals surface area contributed by atoms with Gasteiger partial charge in [-0.25, -0.2) is 4.79 Å². The molecular weight excluding hydrogens is 410 g/mol. The molecule has 1 unspecified atom stereocenters. The first kappa shape index (κ1) is 25.8. The molecule has 8 heteroatoms. The fraction of sp³-hybridized carbons (Fsp3) is 0.625. The lowest BCUT2D eigenvalue weighted by Crippen LogP contribution is -2.56. The molecule has 0 aliphatic carbocycles. The number of fused-ring (bicyclic) bond motifs is 1. The van der Waals surface area contributed by atoms with E-state index in [4.69, 9.17) is 10.5 Å². The molecule has 178 valence electrons. The van der Waals surface area contributed by atoms with Crippen LogP contribution in [-0.2, 0) is 32.1 Å². The number of ether oxygens (including phenoxy) is 1. The van der Waals surface area contributed by atoms with E-state index in [1.807, 2.05) is 24.3 Å². The molecule has 1 aliphatic rings. The van der Waals surface area contributed by atoms with Gasteiger partial charge in [0.1, 0.15) is 12.1 Å². The lowest BCUT2D eigenvalue weighted by atomic mass is 9.93. The van der Waals surface area contributed by atoms with Crippen molar-refractivity contribution in [2.45, 2.75) is 83.5 Å². The van der Waals surface area contributed by atoms with Crippen LogP contribution >= 0.6 is 0 Å². The highest BCUT2D eigenvalue weighted by Crippen LogP contribution is 2.24. The van der Waals surface area contributed by atoms with E-state index in [0.29, 0.717) is 13.0 Å². The van der Waals surface area contributed by atoms with Gasteiger partial charge in [0.2, 0.25) is 5.91 Å². The highest BCUT2D eigenvalue weighted by atomic mass is 16.5. The minimum absolute atomic E-state index is 0.239. The third-order valence-electron chi connectivity index (χ3n) is 5.91. The molecule has 0 saturated carbocycles. The normalized spacial score (nSPS) is 17.3. The summed E-state index contributed by atoms with van der Waals surface area (Å²) in [6.07, 6.45) is 5.75. The van der Waals surface area contributed by atoms with E-state index in [2.05, 4.69) is 5.32 Å². The molecule has 0 aromatic heterocycles. The molecule has 0 bridgehead atoms. The first-order chi connectivity index (χ1) is 15.4. The van der Waals surface area contributed by atoms with Crippen LogP contribution in [0.3, 0.4) is 0 Å². The second-order valence-electron chi connectivity index (χ2n) is 8.33. The van der Waals surface area contributed by atoms with Crippen LogP contribution in [0, 0.1) is 0 Å². The van der Waals surface area contributed by atoms with Crippen LogP contribution in [-0.4, -0.2) is 59.1 Å². The number of hydrogen-bond donors (Lipinski definition) is 3. The Hall–Kier alpha value is -2.45. The van der Waals surface area contributed by atoms with E-state index in [9.17, 15) is 19.5 Å². The summed E-state index contributed by atoms with van der Waals surface area (Å²) in [4.78, 5) is 39.0. The summed E-state index contributed by atoms with van der Waals surface area (Å²) in [5.74, 6) is -1.74. The number of carbonyl (C=O) groups is 3. The number of aliphatic carboxylic acids is 1. The Balaban J connectivity index is 2.03. The quantitative estimate of drug-likeness (QED) is 0.313. The van der Waals surface area contributed by atoms with Crippen molar-refractivity contribution in [3.8, 4) is 0 Å². The smallest absolute Gasteiger partial charge is 0.326 e. The van der Waals surface area contributed by atoms with Gasteiger partial charge in [0.15, 0.2) is 0 Å². The molecule has 1 amide bonds. The maximum Gasteiger partial charge on any atom is 0.326 e. The fourth-order valence-electron chi connectivity index (χ4n) is 4.13. The highest BCUT2D eigenvalue weighted by molar-refractivity contribution is 5.88. The van der Waals surface area contributed by atoms with Crippen LogP contribution in [0.2, 0.25) is 0 Å². The average molecular weight is 448 g/mol. The van der Waals surface area contributed by atoms with Gasteiger partial charge in [-0.1, -0.05) is 49.9 Å². The van der Waals surface area contributed by atoms with Crippen LogP contribution in [0.1, 0.15) is 63.5 Å². The lowest BCUT2D eigenvalue weighted by Gasteiger charge is -2.36. The molecular formula is C24H37N3O5. The van der Waals surface area contributed by atoms with Gasteiger partial charge >= 0.3 is 11.9 Å². The highest BCUT2D eigenvalue weighted by Gasteiger charge is 2.37. The van der Waals surface area contributed by atoms with Crippen LogP contribution in [0.15, 0.2) is 24.3 Å². The monoisotopic (exact) mass is 447 g/mol. The van der Waals surface area contributed by atoms with Gasteiger partial charge < -0.3 is 20.5 Å². The maximum absolute atomic E-state index is 13.2. The van der Waals surface area contributed by atoms with Crippen LogP contribution in [0.25, 0.3) is 0 Å². The number of nitrogens with one attached hydrogen (secondary N) is 1. The molecule has 0 fully saturated rings. The molecule has 0 saturated heterocycles. The zero-order chi connectivity index (χ0) is 23.5. The number of carboxylic acids is 1. The standard InChI is InChI=1S/C24H37N3O5/c1-3-32-24(31)20(13-7-5-4-6-10-14-25)26-17(2)22(28)27-16-19-12-9-8-11-18(19)15-21(27)23(29)30/h8-9,11-12,17,20-21,26H,3-7,10,13-16,25H2,1-2H3,(H,29,30)/t17-,20-,21?/m0/s1. The van der Waals surface area contributed by atoms with Crippen LogP contribution in [0.5, 0.6) is 0 Å². The van der Waals surface area contributed by atoms with Crippen molar-refractivity contribution in [1.82, 2.24) is 10.2 Å². The number of amides is 1. The van der Waals surface area contributed by atoms with Crippen molar-refractivity contribution < 1.29 is 24.2 Å². The second-order valence-corrected chi connectivity index (χ2v) is 8.33.